The van der Waals surface area contributed by atoms with Gasteiger partial charge in [-0.1, -0.05) is 36.4 Å². The molecule has 0 bridgehead atoms. The number of thiazole rings is 1. The van der Waals surface area contributed by atoms with Crippen molar-refractivity contribution in [2.24, 2.45) is 0 Å². The summed E-state index contributed by atoms with van der Waals surface area (Å²) in [5, 5.41) is 3.02. The quantitative estimate of drug-likeness (QED) is 0.702. The third-order valence-electron chi connectivity index (χ3n) is 1.67. The summed E-state index contributed by atoms with van der Waals surface area (Å²) in [6.45, 7) is 0. The third kappa shape index (κ3) is 2.26. The Kier molecular flexibility index (Phi) is 2.53. The molecule has 64 valence electrons. The first kappa shape index (κ1) is 8.20. The van der Waals surface area contributed by atoms with Crippen molar-refractivity contribution in [3.63, 3.8) is 0 Å². The summed E-state index contributed by atoms with van der Waals surface area (Å²) in [4.78, 5) is 4.16. The van der Waals surface area contributed by atoms with Gasteiger partial charge in [0.05, 0.1) is 0 Å². The zero-order valence-corrected chi connectivity index (χ0v) is 7.87. The van der Waals surface area contributed by atoms with E-state index in [4.69, 9.17) is 0 Å². The molecule has 2 rings (SSSR count). The molecule has 1 nitrogen and oxygen atoms in total. The molecule has 0 atom stereocenters. The molecule has 0 aliphatic rings. The van der Waals surface area contributed by atoms with Crippen LogP contribution in [-0.2, 0) is 0 Å². The van der Waals surface area contributed by atoms with Crippen LogP contribution in [0.5, 0.6) is 0 Å². The van der Waals surface area contributed by atoms with E-state index in [1.165, 1.54) is 5.56 Å². The van der Waals surface area contributed by atoms with Crippen molar-refractivity contribution >= 4 is 23.5 Å². The molecule has 0 N–H and O–H groups in total. The molecule has 13 heavy (non-hydrogen) atoms. The van der Waals surface area contributed by atoms with Crippen molar-refractivity contribution < 1.29 is 0 Å². The van der Waals surface area contributed by atoms with Crippen molar-refractivity contribution in [2.45, 2.75) is 0 Å². The molecule has 0 amide bonds. The van der Waals surface area contributed by atoms with Crippen molar-refractivity contribution in [2.75, 3.05) is 0 Å². The molecule has 1 aromatic carbocycles. The van der Waals surface area contributed by atoms with Crippen LogP contribution in [0.3, 0.4) is 0 Å². The van der Waals surface area contributed by atoms with Crippen LogP contribution in [0.25, 0.3) is 12.2 Å². The molecule has 0 aliphatic heterocycles. The molecule has 0 saturated carbocycles. The number of hydrogen-bond acceptors (Lipinski definition) is 2. The lowest BCUT2D eigenvalue weighted by atomic mass is 10.2. The fourth-order valence-corrected chi connectivity index (χ4v) is 1.58. The van der Waals surface area contributed by atoms with Gasteiger partial charge in [0, 0.05) is 11.6 Å². The summed E-state index contributed by atoms with van der Waals surface area (Å²) in [5.74, 6) is 0. The lowest BCUT2D eigenvalue weighted by Gasteiger charge is -1.88. The van der Waals surface area contributed by atoms with E-state index >= 15 is 0 Å². The van der Waals surface area contributed by atoms with Gasteiger partial charge in [0.15, 0.2) is 0 Å². The van der Waals surface area contributed by atoms with Gasteiger partial charge in [-0.15, -0.1) is 11.3 Å². The minimum atomic E-state index is 1.05. The normalized spacial score (nSPS) is 10.8. The Morgan fingerprint density at radius 3 is 2.62 bits per heavy atom. The summed E-state index contributed by atoms with van der Waals surface area (Å²) < 4.78 is 0. The lowest BCUT2D eigenvalue weighted by molar-refractivity contribution is 1.40. The largest absolute Gasteiger partial charge is 0.245 e. The Morgan fingerprint density at radius 1 is 1.08 bits per heavy atom. The highest BCUT2D eigenvalue weighted by Crippen LogP contribution is 2.09. The fraction of sp³-hybridized carbons (Fsp3) is 0. The van der Waals surface area contributed by atoms with E-state index in [-0.39, 0.29) is 0 Å². The zero-order valence-electron chi connectivity index (χ0n) is 7.05. The van der Waals surface area contributed by atoms with Crippen LogP contribution in [0.1, 0.15) is 10.6 Å². The van der Waals surface area contributed by atoms with Gasteiger partial charge in [-0.25, -0.2) is 4.98 Å². The summed E-state index contributed by atoms with van der Waals surface area (Å²) in [6.07, 6.45) is 5.91. The Hall–Kier alpha value is -1.41. The van der Waals surface area contributed by atoms with E-state index in [9.17, 15) is 0 Å². The highest BCUT2D eigenvalue weighted by atomic mass is 32.1. The molecule has 0 unspecified atom stereocenters. The maximum absolute atomic E-state index is 4.16. The summed E-state index contributed by atoms with van der Waals surface area (Å²) in [5.41, 5.74) is 1.21. The number of aromatic nitrogens is 1. The Bertz CT molecular complexity index is 376. The molecular formula is C11H9NS. The molecule has 0 saturated heterocycles. The smallest absolute Gasteiger partial charge is 0.116 e. The average molecular weight is 187 g/mol. The molecule has 0 radical (unpaired) electrons. The predicted molar refractivity (Wildman–Crippen MR) is 57.5 cm³/mol. The van der Waals surface area contributed by atoms with E-state index in [1.807, 2.05) is 35.9 Å². The van der Waals surface area contributed by atoms with E-state index in [0.717, 1.165) is 5.01 Å². The van der Waals surface area contributed by atoms with E-state index < -0.39 is 0 Å². The summed E-state index contributed by atoms with van der Waals surface area (Å²) >= 11 is 1.64. The molecule has 1 heterocycles. The molecule has 0 spiro atoms. The van der Waals surface area contributed by atoms with Gasteiger partial charge in [0.2, 0.25) is 0 Å². The Labute approximate surface area is 81.4 Å². The zero-order chi connectivity index (χ0) is 8.93. The second-order valence-electron chi connectivity index (χ2n) is 2.61. The van der Waals surface area contributed by atoms with Gasteiger partial charge in [0.1, 0.15) is 5.01 Å². The topological polar surface area (TPSA) is 12.9 Å². The molecular weight excluding hydrogens is 178 g/mol. The van der Waals surface area contributed by atoms with Crippen molar-refractivity contribution in [1.29, 1.82) is 0 Å². The first-order chi connectivity index (χ1) is 6.45. The van der Waals surface area contributed by atoms with Crippen LogP contribution in [0.4, 0.5) is 0 Å². The fourth-order valence-electron chi connectivity index (χ4n) is 1.05. The summed E-state index contributed by atoms with van der Waals surface area (Å²) in [6, 6.07) is 10.2. The van der Waals surface area contributed by atoms with Crippen LogP contribution < -0.4 is 0 Å². The van der Waals surface area contributed by atoms with Crippen molar-refractivity contribution in [3.8, 4) is 0 Å². The first-order valence-corrected chi connectivity index (χ1v) is 4.96. The second kappa shape index (κ2) is 4.01. The van der Waals surface area contributed by atoms with Crippen LogP contribution in [-0.4, -0.2) is 4.98 Å². The first-order valence-electron chi connectivity index (χ1n) is 4.08. The average Bonchev–Trinajstić information content (AvgIpc) is 2.69. The van der Waals surface area contributed by atoms with Gasteiger partial charge in [-0.3, -0.25) is 0 Å². The van der Waals surface area contributed by atoms with Gasteiger partial charge in [-0.05, 0) is 11.6 Å². The van der Waals surface area contributed by atoms with Crippen molar-refractivity contribution in [3.05, 3.63) is 52.5 Å². The standard InChI is InChI=1S/C11H9NS/c1-2-4-10(5-3-1)6-7-11-12-8-9-13-11/h1-9H/b7-6+. The van der Waals surface area contributed by atoms with Crippen LogP contribution in [0, 0.1) is 0 Å². The number of nitrogens with zero attached hydrogens (tertiary/aromatic N) is 1. The SMILES string of the molecule is C(=C\c1nccs1)/c1ccccc1. The van der Waals surface area contributed by atoms with Crippen LogP contribution >= 0.6 is 11.3 Å². The number of rotatable bonds is 2. The highest BCUT2D eigenvalue weighted by molar-refractivity contribution is 7.10. The number of hydrogen-bond donors (Lipinski definition) is 0. The highest BCUT2D eigenvalue weighted by Gasteiger charge is 1.87. The van der Waals surface area contributed by atoms with E-state index in [2.05, 4.69) is 23.2 Å². The molecule has 1 aromatic heterocycles. The monoisotopic (exact) mass is 187 g/mol. The minimum Gasteiger partial charge on any atom is -0.245 e. The predicted octanol–water partition coefficient (Wildman–Crippen LogP) is 3.31. The Morgan fingerprint density at radius 2 is 1.92 bits per heavy atom. The molecule has 2 heteroatoms. The van der Waals surface area contributed by atoms with Crippen LogP contribution in [0.2, 0.25) is 0 Å². The minimum absolute atomic E-state index is 1.05. The van der Waals surface area contributed by atoms with Gasteiger partial charge >= 0.3 is 0 Å². The van der Waals surface area contributed by atoms with Gasteiger partial charge in [0.25, 0.3) is 0 Å². The maximum Gasteiger partial charge on any atom is 0.116 e. The Balaban J connectivity index is 2.15. The molecule has 0 aliphatic carbocycles. The second-order valence-corrected chi connectivity index (χ2v) is 3.54. The number of benzene rings is 1. The van der Waals surface area contributed by atoms with Crippen molar-refractivity contribution in [1.82, 2.24) is 4.98 Å². The third-order valence-corrected chi connectivity index (χ3v) is 2.41. The van der Waals surface area contributed by atoms with Gasteiger partial charge < -0.3 is 0 Å². The molecule has 2 aromatic rings. The lowest BCUT2D eigenvalue weighted by Crippen LogP contribution is -1.69. The summed E-state index contributed by atoms with van der Waals surface area (Å²) in [7, 11) is 0. The maximum atomic E-state index is 4.16. The molecule has 0 fully saturated rings. The van der Waals surface area contributed by atoms with E-state index in [1.54, 1.807) is 11.3 Å². The van der Waals surface area contributed by atoms with Gasteiger partial charge in [-0.2, -0.15) is 0 Å². The van der Waals surface area contributed by atoms with E-state index in [0.29, 0.717) is 0 Å². The van der Waals surface area contributed by atoms with Crippen LogP contribution in [0.15, 0.2) is 41.9 Å².